The number of ether oxygens (including phenoxy) is 1. The van der Waals surface area contributed by atoms with Gasteiger partial charge in [-0.1, -0.05) is 30.3 Å². The van der Waals surface area contributed by atoms with Crippen LogP contribution in [0.2, 0.25) is 0 Å². The Balaban J connectivity index is 2.02. The summed E-state index contributed by atoms with van der Waals surface area (Å²) in [6.07, 6.45) is 1.34. The highest BCUT2D eigenvalue weighted by Crippen LogP contribution is 1.99. The van der Waals surface area contributed by atoms with Crippen molar-refractivity contribution in [2.75, 3.05) is 19.7 Å². The molecule has 1 rings (SSSR count). The van der Waals surface area contributed by atoms with Crippen molar-refractivity contribution in [2.24, 2.45) is 0 Å². The van der Waals surface area contributed by atoms with Gasteiger partial charge in [0.1, 0.15) is 0 Å². The third-order valence-electron chi connectivity index (χ3n) is 1.78. The molecule has 0 aromatic heterocycles. The van der Waals surface area contributed by atoms with E-state index in [1.54, 1.807) is 0 Å². The Labute approximate surface area is 84.6 Å². The maximum Gasteiger partial charge on any atom is 0.0717 e. The lowest BCUT2D eigenvalue weighted by molar-refractivity contribution is 0.123. The Kier molecular flexibility index (Phi) is 5.63. The second kappa shape index (κ2) is 7.24. The second-order valence-electron chi connectivity index (χ2n) is 2.95. The van der Waals surface area contributed by atoms with Crippen LogP contribution >= 0.6 is 0 Å². The zero-order valence-corrected chi connectivity index (χ0v) is 8.20. The van der Waals surface area contributed by atoms with Gasteiger partial charge in [-0.05, 0) is 5.56 Å². The first-order valence-electron chi connectivity index (χ1n) is 4.75. The van der Waals surface area contributed by atoms with Crippen molar-refractivity contribution in [3.05, 3.63) is 35.9 Å². The van der Waals surface area contributed by atoms with Crippen LogP contribution in [0.1, 0.15) is 5.56 Å². The average molecular weight is 192 g/mol. The first-order valence-corrected chi connectivity index (χ1v) is 4.75. The van der Waals surface area contributed by atoms with E-state index in [9.17, 15) is 0 Å². The maximum absolute atomic E-state index is 6.79. The fourth-order valence-electron chi connectivity index (χ4n) is 1.08. The van der Waals surface area contributed by atoms with E-state index in [1.165, 1.54) is 11.8 Å². The van der Waals surface area contributed by atoms with Crippen molar-refractivity contribution in [1.82, 2.24) is 5.32 Å². The van der Waals surface area contributed by atoms with Crippen LogP contribution in [0.5, 0.6) is 0 Å². The van der Waals surface area contributed by atoms with Crippen LogP contribution in [-0.4, -0.2) is 25.9 Å². The van der Waals surface area contributed by atoms with Crippen molar-refractivity contribution < 1.29 is 4.74 Å². The number of hydrogen-bond acceptors (Lipinski definition) is 3. The van der Waals surface area contributed by atoms with E-state index < -0.39 is 0 Å². The Hall–Kier alpha value is -1.19. The van der Waals surface area contributed by atoms with E-state index in [2.05, 4.69) is 5.32 Å². The van der Waals surface area contributed by atoms with Gasteiger partial charge in [0.05, 0.1) is 13.2 Å². The van der Waals surface area contributed by atoms with Gasteiger partial charge in [0.2, 0.25) is 0 Å². The highest BCUT2D eigenvalue weighted by atomic mass is 16.5. The number of hydrogen-bond donors (Lipinski definition) is 2. The summed E-state index contributed by atoms with van der Waals surface area (Å²) < 4.78 is 5.43. The number of nitrogens with one attached hydrogen (secondary N) is 2. The fraction of sp³-hybridized carbons (Fsp3) is 0.364. The van der Waals surface area contributed by atoms with Gasteiger partial charge in [-0.25, -0.2) is 0 Å². The van der Waals surface area contributed by atoms with Gasteiger partial charge in [0.15, 0.2) is 0 Å². The summed E-state index contributed by atoms with van der Waals surface area (Å²) in [6, 6.07) is 10.1. The number of benzene rings is 1. The summed E-state index contributed by atoms with van der Waals surface area (Å²) in [5, 5.41) is 9.84. The normalized spacial score (nSPS) is 10.0. The lowest BCUT2D eigenvalue weighted by Gasteiger charge is -2.04. The predicted molar refractivity (Wildman–Crippen MR) is 57.8 cm³/mol. The van der Waals surface area contributed by atoms with Crippen LogP contribution in [0.3, 0.4) is 0 Å². The summed E-state index contributed by atoms with van der Waals surface area (Å²) in [5.41, 5.74) is 1.19. The highest BCUT2D eigenvalue weighted by molar-refractivity contribution is 5.55. The summed E-state index contributed by atoms with van der Waals surface area (Å²) in [6.45, 7) is 2.76. The second-order valence-corrected chi connectivity index (χ2v) is 2.95. The highest BCUT2D eigenvalue weighted by Gasteiger charge is 1.90. The summed E-state index contributed by atoms with van der Waals surface area (Å²) in [5.74, 6) is 0. The van der Waals surface area contributed by atoms with Gasteiger partial charge >= 0.3 is 0 Å². The molecular formula is C11H16N2O. The van der Waals surface area contributed by atoms with Crippen LogP contribution < -0.4 is 5.32 Å². The molecule has 0 spiro atoms. The van der Waals surface area contributed by atoms with E-state index in [0.717, 1.165) is 6.54 Å². The molecule has 0 unspecified atom stereocenters. The van der Waals surface area contributed by atoms with Gasteiger partial charge in [-0.2, -0.15) is 0 Å². The van der Waals surface area contributed by atoms with Gasteiger partial charge in [-0.15, -0.1) is 0 Å². The zero-order chi connectivity index (χ0) is 10.1. The average Bonchev–Trinajstić information content (AvgIpc) is 2.25. The Morgan fingerprint density at radius 3 is 2.79 bits per heavy atom. The van der Waals surface area contributed by atoms with Crippen molar-refractivity contribution in [2.45, 2.75) is 6.61 Å². The Morgan fingerprint density at radius 1 is 1.29 bits per heavy atom. The molecular weight excluding hydrogens is 176 g/mol. The smallest absolute Gasteiger partial charge is 0.0717 e. The molecule has 0 amide bonds. The molecule has 0 heterocycles. The van der Waals surface area contributed by atoms with Gasteiger partial charge in [-0.3, -0.25) is 0 Å². The third-order valence-corrected chi connectivity index (χ3v) is 1.78. The third kappa shape index (κ3) is 4.74. The van der Waals surface area contributed by atoms with Crippen LogP contribution in [-0.2, 0) is 11.3 Å². The predicted octanol–water partition coefficient (Wildman–Crippen LogP) is 1.44. The number of rotatable bonds is 7. The molecule has 3 nitrogen and oxygen atoms in total. The lowest BCUT2D eigenvalue weighted by Crippen LogP contribution is -2.21. The molecule has 1 aromatic carbocycles. The zero-order valence-electron chi connectivity index (χ0n) is 8.20. The van der Waals surface area contributed by atoms with Crippen LogP contribution in [0.4, 0.5) is 0 Å². The van der Waals surface area contributed by atoms with Crippen molar-refractivity contribution in [3.8, 4) is 0 Å². The molecule has 0 bridgehead atoms. The van der Waals surface area contributed by atoms with E-state index in [4.69, 9.17) is 10.1 Å². The largest absolute Gasteiger partial charge is 0.375 e. The topological polar surface area (TPSA) is 45.1 Å². The SMILES string of the molecule is N=CCNCCOCc1ccccc1. The van der Waals surface area contributed by atoms with E-state index in [-0.39, 0.29) is 0 Å². The minimum atomic E-state index is 0.620. The Bertz CT molecular complexity index is 249. The van der Waals surface area contributed by atoms with Gasteiger partial charge in [0.25, 0.3) is 0 Å². The molecule has 14 heavy (non-hydrogen) atoms. The minimum Gasteiger partial charge on any atom is -0.375 e. The molecule has 0 fully saturated rings. The van der Waals surface area contributed by atoms with E-state index in [1.807, 2.05) is 30.3 Å². The minimum absolute atomic E-state index is 0.620. The molecule has 0 saturated carbocycles. The molecule has 0 atom stereocenters. The summed E-state index contributed by atoms with van der Waals surface area (Å²) in [7, 11) is 0. The van der Waals surface area contributed by atoms with Crippen molar-refractivity contribution in [3.63, 3.8) is 0 Å². The quantitative estimate of drug-likeness (QED) is 0.507. The van der Waals surface area contributed by atoms with Crippen LogP contribution in [0.15, 0.2) is 30.3 Å². The first-order chi connectivity index (χ1) is 6.93. The molecule has 1 aromatic rings. The van der Waals surface area contributed by atoms with Crippen molar-refractivity contribution in [1.29, 1.82) is 5.41 Å². The molecule has 3 heteroatoms. The van der Waals surface area contributed by atoms with E-state index in [0.29, 0.717) is 19.8 Å². The summed E-state index contributed by atoms with van der Waals surface area (Å²) >= 11 is 0. The first kappa shape index (κ1) is 10.9. The standard InChI is InChI=1S/C11H16N2O/c12-6-7-13-8-9-14-10-11-4-2-1-3-5-11/h1-6,12-13H,7-10H2. The lowest BCUT2D eigenvalue weighted by atomic mass is 10.2. The molecule has 0 aliphatic heterocycles. The van der Waals surface area contributed by atoms with E-state index >= 15 is 0 Å². The van der Waals surface area contributed by atoms with Crippen LogP contribution in [0.25, 0.3) is 0 Å². The van der Waals surface area contributed by atoms with Gasteiger partial charge < -0.3 is 15.5 Å². The van der Waals surface area contributed by atoms with Crippen molar-refractivity contribution >= 4 is 6.21 Å². The van der Waals surface area contributed by atoms with Crippen LogP contribution in [0, 0.1) is 5.41 Å². The molecule has 0 aliphatic carbocycles. The molecule has 0 saturated heterocycles. The molecule has 76 valence electrons. The Morgan fingerprint density at radius 2 is 2.07 bits per heavy atom. The maximum atomic E-state index is 6.79. The van der Waals surface area contributed by atoms with Gasteiger partial charge in [0, 0.05) is 19.3 Å². The molecule has 2 N–H and O–H groups in total. The molecule has 0 aliphatic rings. The summed E-state index contributed by atoms with van der Waals surface area (Å²) in [4.78, 5) is 0. The fourth-order valence-corrected chi connectivity index (χ4v) is 1.08. The molecule has 0 radical (unpaired) electrons. The monoisotopic (exact) mass is 192 g/mol.